The molecule has 3 nitrogen and oxygen atoms in total. The van der Waals surface area contributed by atoms with Gasteiger partial charge < -0.3 is 4.74 Å². The molecule has 0 aromatic rings. The van der Waals surface area contributed by atoms with Crippen LogP contribution in [0, 0.1) is 11.8 Å². The Morgan fingerprint density at radius 2 is 2.00 bits per heavy atom. The van der Waals surface area contributed by atoms with Crippen LogP contribution >= 0.6 is 0 Å². The van der Waals surface area contributed by atoms with Crippen LogP contribution in [0.15, 0.2) is 0 Å². The normalized spacial score (nSPS) is 31.7. The monoisotopic (exact) mass is 281 g/mol. The van der Waals surface area contributed by atoms with E-state index < -0.39 is 0 Å². The van der Waals surface area contributed by atoms with Crippen molar-refractivity contribution >= 4 is 5.97 Å². The zero-order valence-corrected chi connectivity index (χ0v) is 13.5. The summed E-state index contributed by atoms with van der Waals surface area (Å²) in [6.07, 6.45) is 8.13. The lowest BCUT2D eigenvalue weighted by Crippen LogP contribution is -2.52. The minimum Gasteiger partial charge on any atom is -0.466 e. The van der Waals surface area contributed by atoms with Gasteiger partial charge in [0.05, 0.1) is 13.0 Å². The molecule has 0 N–H and O–H groups in total. The van der Waals surface area contributed by atoms with Crippen LogP contribution in [-0.4, -0.2) is 36.1 Å². The Labute approximate surface area is 124 Å². The summed E-state index contributed by atoms with van der Waals surface area (Å²) in [6.45, 7) is 9.40. The number of likely N-dealkylation sites (tertiary alicyclic amines) is 1. The molecular formula is C17H31NO2. The second-order valence-electron chi connectivity index (χ2n) is 7.00. The molecule has 1 saturated carbocycles. The summed E-state index contributed by atoms with van der Waals surface area (Å²) in [6, 6.07) is 0. The molecule has 1 aliphatic heterocycles. The molecule has 0 amide bonds. The second-order valence-corrected chi connectivity index (χ2v) is 7.00. The Hall–Kier alpha value is -0.570. The Kier molecular flexibility index (Phi) is 5.48. The smallest absolute Gasteiger partial charge is 0.307 e. The SMILES string of the molecule is CCOC(=O)CC1(N2CCCC2)CCCC(C(C)C)C1. The lowest BCUT2D eigenvalue weighted by molar-refractivity contribution is -0.147. The predicted molar refractivity (Wildman–Crippen MR) is 81.6 cm³/mol. The molecule has 2 aliphatic rings. The highest BCUT2D eigenvalue weighted by Gasteiger charge is 2.44. The fraction of sp³-hybridized carbons (Fsp3) is 0.941. The van der Waals surface area contributed by atoms with Crippen molar-refractivity contribution in [3.05, 3.63) is 0 Å². The summed E-state index contributed by atoms with van der Waals surface area (Å²) in [4.78, 5) is 14.7. The average molecular weight is 281 g/mol. The molecule has 2 rings (SSSR count). The highest BCUT2D eigenvalue weighted by Crippen LogP contribution is 2.43. The third kappa shape index (κ3) is 3.55. The van der Waals surface area contributed by atoms with Gasteiger partial charge in [0.25, 0.3) is 0 Å². The van der Waals surface area contributed by atoms with Crippen LogP contribution in [-0.2, 0) is 9.53 Å². The van der Waals surface area contributed by atoms with Gasteiger partial charge in [0.15, 0.2) is 0 Å². The van der Waals surface area contributed by atoms with Gasteiger partial charge in [-0.2, -0.15) is 0 Å². The zero-order valence-electron chi connectivity index (χ0n) is 13.5. The quantitative estimate of drug-likeness (QED) is 0.721. The van der Waals surface area contributed by atoms with Crippen LogP contribution in [0.3, 0.4) is 0 Å². The van der Waals surface area contributed by atoms with Crippen molar-refractivity contribution < 1.29 is 9.53 Å². The molecular weight excluding hydrogens is 250 g/mol. The molecule has 0 spiro atoms. The number of esters is 1. The molecule has 0 radical (unpaired) electrons. The van der Waals surface area contributed by atoms with E-state index in [-0.39, 0.29) is 11.5 Å². The topological polar surface area (TPSA) is 29.5 Å². The van der Waals surface area contributed by atoms with Crippen LogP contribution in [0.25, 0.3) is 0 Å². The molecule has 0 aromatic carbocycles. The maximum atomic E-state index is 12.1. The Balaban J connectivity index is 2.12. The standard InChI is InChI=1S/C17H31NO2/c1-4-20-16(19)13-17(18-10-5-6-11-18)9-7-8-15(12-17)14(2)3/h14-15H,4-13H2,1-3H3. The number of carbonyl (C=O) groups excluding carboxylic acids is 1. The van der Waals surface area contributed by atoms with E-state index in [9.17, 15) is 4.79 Å². The number of hydrogen-bond donors (Lipinski definition) is 0. The molecule has 2 atom stereocenters. The Bertz CT molecular complexity index is 323. The molecule has 116 valence electrons. The van der Waals surface area contributed by atoms with Crippen molar-refractivity contribution in [2.75, 3.05) is 19.7 Å². The van der Waals surface area contributed by atoms with Gasteiger partial charge >= 0.3 is 5.97 Å². The summed E-state index contributed by atoms with van der Waals surface area (Å²) >= 11 is 0. The van der Waals surface area contributed by atoms with Crippen LogP contribution in [0.5, 0.6) is 0 Å². The van der Waals surface area contributed by atoms with Crippen LogP contribution < -0.4 is 0 Å². The molecule has 1 saturated heterocycles. The Morgan fingerprint density at radius 3 is 2.60 bits per heavy atom. The minimum absolute atomic E-state index is 0.00352. The predicted octanol–water partition coefficient (Wildman–Crippen LogP) is 3.62. The number of ether oxygens (including phenoxy) is 1. The van der Waals surface area contributed by atoms with E-state index in [0.29, 0.717) is 13.0 Å². The molecule has 3 heteroatoms. The van der Waals surface area contributed by atoms with E-state index in [0.717, 1.165) is 11.8 Å². The van der Waals surface area contributed by atoms with E-state index in [2.05, 4.69) is 18.7 Å². The van der Waals surface area contributed by atoms with Gasteiger partial charge in [-0.15, -0.1) is 0 Å². The van der Waals surface area contributed by atoms with Gasteiger partial charge in [-0.1, -0.05) is 26.7 Å². The van der Waals surface area contributed by atoms with Crippen LogP contribution in [0.2, 0.25) is 0 Å². The maximum absolute atomic E-state index is 12.1. The van der Waals surface area contributed by atoms with Crippen molar-refractivity contribution in [2.24, 2.45) is 11.8 Å². The first-order valence-corrected chi connectivity index (χ1v) is 8.48. The molecule has 20 heavy (non-hydrogen) atoms. The van der Waals surface area contributed by atoms with Crippen molar-refractivity contribution in [1.82, 2.24) is 4.90 Å². The van der Waals surface area contributed by atoms with E-state index in [1.807, 2.05) is 6.92 Å². The van der Waals surface area contributed by atoms with Gasteiger partial charge in [0.2, 0.25) is 0 Å². The molecule has 0 bridgehead atoms. The van der Waals surface area contributed by atoms with Crippen molar-refractivity contribution in [1.29, 1.82) is 0 Å². The first-order chi connectivity index (χ1) is 9.57. The summed E-state index contributed by atoms with van der Waals surface area (Å²) in [5, 5.41) is 0. The summed E-state index contributed by atoms with van der Waals surface area (Å²) in [5.41, 5.74) is 0.0932. The number of hydrogen-bond acceptors (Lipinski definition) is 3. The zero-order chi connectivity index (χ0) is 14.6. The fourth-order valence-electron chi connectivity index (χ4n) is 4.19. The van der Waals surface area contributed by atoms with Crippen LogP contribution in [0.1, 0.15) is 65.7 Å². The van der Waals surface area contributed by atoms with Crippen molar-refractivity contribution in [2.45, 2.75) is 71.3 Å². The summed E-state index contributed by atoms with van der Waals surface area (Å²) < 4.78 is 5.26. The Morgan fingerprint density at radius 1 is 1.30 bits per heavy atom. The second kappa shape index (κ2) is 6.93. The molecule has 2 fully saturated rings. The van der Waals surface area contributed by atoms with E-state index in [1.54, 1.807) is 0 Å². The van der Waals surface area contributed by atoms with Gasteiger partial charge in [-0.3, -0.25) is 9.69 Å². The molecule has 0 aromatic heterocycles. The molecule has 1 heterocycles. The molecule has 2 unspecified atom stereocenters. The van der Waals surface area contributed by atoms with Crippen molar-refractivity contribution in [3.63, 3.8) is 0 Å². The maximum Gasteiger partial charge on any atom is 0.307 e. The number of rotatable bonds is 5. The first-order valence-electron chi connectivity index (χ1n) is 8.48. The third-order valence-corrected chi connectivity index (χ3v) is 5.36. The first kappa shape index (κ1) is 15.8. The summed E-state index contributed by atoms with van der Waals surface area (Å²) in [5.74, 6) is 1.49. The van der Waals surface area contributed by atoms with E-state index in [4.69, 9.17) is 4.74 Å². The third-order valence-electron chi connectivity index (χ3n) is 5.36. The van der Waals surface area contributed by atoms with E-state index >= 15 is 0 Å². The number of nitrogens with zero attached hydrogens (tertiary/aromatic N) is 1. The van der Waals surface area contributed by atoms with Gasteiger partial charge in [-0.25, -0.2) is 0 Å². The number of carbonyl (C=O) groups is 1. The highest BCUT2D eigenvalue weighted by atomic mass is 16.5. The minimum atomic E-state index is 0.00352. The van der Waals surface area contributed by atoms with Gasteiger partial charge in [0.1, 0.15) is 0 Å². The summed E-state index contributed by atoms with van der Waals surface area (Å²) in [7, 11) is 0. The van der Waals surface area contributed by atoms with Crippen LogP contribution in [0.4, 0.5) is 0 Å². The van der Waals surface area contributed by atoms with Gasteiger partial charge in [0, 0.05) is 5.54 Å². The lowest BCUT2D eigenvalue weighted by Gasteiger charge is -2.47. The van der Waals surface area contributed by atoms with E-state index in [1.165, 1.54) is 51.6 Å². The average Bonchev–Trinajstić information content (AvgIpc) is 2.93. The fourth-order valence-corrected chi connectivity index (χ4v) is 4.19. The largest absolute Gasteiger partial charge is 0.466 e. The lowest BCUT2D eigenvalue weighted by atomic mass is 9.69. The highest BCUT2D eigenvalue weighted by molar-refractivity contribution is 5.71. The van der Waals surface area contributed by atoms with Gasteiger partial charge in [-0.05, 0) is 57.5 Å². The molecule has 1 aliphatic carbocycles. The van der Waals surface area contributed by atoms with Crippen molar-refractivity contribution in [3.8, 4) is 0 Å².